The average molecular weight is 437 g/mol. The van der Waals surface area contributed by atoms with Crippen molar-refractivity contribution in [2.75, 3.05) is 6.54 Å². The van der Waals surface area contributed by atoms with Gasteiger partial charge in [0.2, 0.25) is 17.6 Å². The predicted octanol–water partition coefficient (Wildman–Crippen LogP) is 5.17. The number of likely N-dealkylation sites (tertiary alicyclic amines) is 1. The Bertz CT molecular complexity index is 1170. The van der Waals surface area contributed by atoms with Gasteiger partial charge in [-0.05, 0) is 55.7 Å². The van der Waals surface area contributed by atoms with E-state index in [-0.39, 0.29) is 17.8 Å². The molecule has 31 heavy (non-hydrogen) atoms. The molecule has 1 aliphatic heterocycles. The van der Waals surface area contributed by atoms with Crippen molar-refractivity contribution in [1.82, 2.24) is 20.0 Å². The Labute approximate surface area is 182 Å². The summed E-state index contributed by atoms with van der Waals surface area (Å²) in [5.41, 5.74) is 1.66. The van der Waals surface area contributed by atoms with Crippen molar-refractivity contribution in [2.24, 2.45) is 0 Å². The van der Waals surface area contributed by atoms with Crippen LogP contribution in [-0.2, 0) is 11.2 Å². The second kappa shape index (κ2) is 8.55. The maximum absolute atomic E-state index is 13.1. The highest BCUT2D eigenvalue weighted by atomic mass is 32.1. The maximum Gasteiger partial charge on any atom is 0.227 e. The van der Waals surface area contributed by atoms with E-state index in [9.17, 15) is 9.18 Å². The molecule has 1 saturated heterocycles. The highest BCUT2D eigenvalue weighted by Crippen LogP contribution is 2.36. The zero-order valence-electron chi connectivity index (χ0n) is 16.8. The summed E-state index contributed by atoms with van der Waals surface area (Å²) in [7, 11) is 0. The Morgan fingerprint density at radius 2 is 1.97 bits per heavy atom. The number of thiazole rings is 1. The van der Waals surface area contributed by atoms with Crippen molar-refractivity contribution in [3.05, 3.63) is 65.2 Å². The van der Waals surface area contributed by atoms with Gasteiger partial charge in [-0.1, -0.05) is 17.3 Å². The number of aromatic nitrogens is 3. The SMILES string of the molecule is O=C(CCc1nc(-c2ccc(F)cc2)no1)N1CCCC[C@H]1c1nc2ccccc2s1. The van der Waals surface area contributed by atoms with Gasteiger partial charge in [0.05, 0.1) is 16.3 Å². The minimum atomic E-state index is -0.317. The third-order valence-corrected chi connectivity index (χ3v) is 6.68. The molecule has 0 radical (unpaired) electrons. The van der Waals surface area contributed by atoms with Gasteiger partial charge in [0.25, 0.3) is 0 Å². The molecule has 1 amide bonds. The lowest BCUT2D eigenvalue weighted by molar-refractivity contribution is -0.135. The van der Waals surface area contributed by atoms with Crippen molar-refractivity contribution in [1.29, 1.82) is 0 Å². The minimum Gasteiger partial charge on any atom is -0.339 e. The molecule has 0 spiro atoms. The van der Waals surface area contributed by atoms with Gasteiger partial charge in [-0.15, -0.1) is 11.3 Å². The van der Waals surface area contributed by atoms with Gasteiger partial charge in [-0.25, -0.2) is 9.37 Å². The molecule has 1 fully saturated rings. The summed E-state index contributed by atoms with van der Waals surface area (Å²) in [6.45, 7) is 0.740. The predicted molar refractivity (Wildman–Crippen MR) is 116 cm³/mol. The van der Waals surface area contributed by atoms with Crippen molar-refractivity contribution < 1.29 is 13.7 Å². The zero-order chi connectivity index (χ0) is 21.2. The first-order chi connectivity index (χ1) is 15.2. The van der Waals surface area contributed by atoms with Crippen LogP contribution in [0.25, 0.3) is 21.6 Å². The molecule has 0 bridgehead atoms. The molecular formula is C23H21FN4O2S. The number of nitrogens with zero attached hydrogens (tertiary/aromatic N) is 4. The number of carbonyl (C=O) groups excluding carboxylic acids is 1. The number of halogens is 1. The monoisotopic (exact) mass is 436 g/mol. The minimum absolute atomic E-state index is 0.0242. The summed E-state index contributed by atoms with van der Waals surface area (Å²) in [6.07, 6.45) is 3.70. The molecule has 2 aromatic carbocycles. The number of carbonyl (C=O) groups is 1. The third-order valence-electron chi connectivity index (χ3n) is 5.54. The summed E-state index contributed by atoms with van der Waals surface area (Å²) in [5, 5.41) is 4.96. The van der Waals surface area contributed by atoms with Crippen LogP contribution in [0, 0.1) is 5.82 Å². The number of piperidine rings is 1. The van der Waals surface area contributed by atoms with E-state index in [4.69, 9.17) is 9.51 Å². The molecule has 2 aromatic heterocycles. The quantitative estimate of drug-likeness (QED) is 0.431. The average Bonchev–Trinajstić information content (AvgIpc) is 3.45. The lowest BCUT2D eigenvalue weighted by Gasteiger charge is -2.34. The molecule has 0 saturated carbocycles. The fourth-order valence-electron chi connectivity index (χ4n) is 3.95. The first-order valence-corrected chi connectivity index (χ1v) is 11.2. The fraction of sp³-hybridized carbons (Fsp3) is 0.304. The number of benzene rings is 2. The number of rotatable bonds is 5. The third kappa shape index (κ3) is 4.20. The van der Waals surface area contributed by atoms with Crippen molar-refractivity contribution in [2.45, 2.75) is 38.1 Å². The molecule has 6 nitrogen and oxygen atoms in total. The van der Waals surface area contributed by atoms with Gasteiger partial charge < -0.3 is 9.42 Å². The number of aryl methyl sites for hydroxylation is 1. The summed E-state index contributed by atoms with van der Waals surface area (Å²) in [6, 6.07) is 14.0. The maximum atomic E-state index is 13.1. The zero-order valence-corrected chi connectivity index (χ0v) is 17.6. The number of fused-ring (bicyclic) bond motifs is 1. The Morgan fingerprint density at radius 1 is 1.13 bits per heavy atom. The summed E-state index contributed by atoms with van der Waals surface area (Å²) in [5.74, 6) is 0.557. The standard InChI is InChI=1S/C23H21FN4O2S/c24-16-10-8-15(9-11-16)22-26-20(30-27-22)12-13-21(29)28-14-4-3-6-18(28)23-25-17-5-1-2-7-19(17)31-23/h1-2,5,7-11,18H,3-4,6,12-14H2/t18-/m0/s1. The van der Waals surface area contributed by atoms with Crippen LogP contribution in [0.1, 0.15) is 42.6 Å². The van der Waals surface area contributed by atoms with E-state index in [1.54, 1.807) is 23.5 Å². The van der Waals surface area contributed by atoms with Crippen LogP contribution in [0.5, 0.6) is 0 Å². The van der Waals surface area contributed by atoms with Gasteiger partial charge in [0.15, 0.2) is 0 Å². The fourth-order valence-corrected chi connectivity index (χ4v) is 5.06. The van der Waals surface area contributed by atoms with Crippen molar-refractivity contribution >= 4 is 27.5 Å². The van der Waals surface area contributed by atoms with Crippen LogP contribution in [0.3, 0.4) is 0 Å². The Hall–Kier alpha value is -3.13. The number of amides is 1. The number of hydrogen-bond donors (Lipinski definition) is 0. The summed E-state index contributed by atoms with van der Waals surface area (Å²) < 4.78 is 19.5. The lowest BCUT2D eigenvalue weighted by atomic mass is 10.0. The summed E-state index contributed by atoms with van der Waals surface area (Å²) >= 11 is 1.67. The molecule has 5 rings (SSSR count). The normalized spacial score (nSPS) is 16.7. The van der Waals surface area contributed by atoms with E-state index in [0.717, 1.165) is 41.0 Å². The van der Waals surface area contributed by atoms with Gasteiger partial charge in [0, 0.05) is 24.9 Å². The van der Waals surface area contributed by atoms with Gasteiger partial charge in [-0.3, -0.25) is 4.79 Å². The smallest absolute Gasteiger partial charge is 0.227 e. The van der Waals surface area contributed by atoms with Crippen LogP contribution < -0.4 is 0 Å². The second-order valence-corrected chi connectivity index (χ2v) is 8.70. The van der Waals surface area contributed by atoms with Gasteiger partial charge >= 0.3 is 0 Å². The first kappa shape index (κ1) is 19.8. The van der Waals surface area contributed by atoms with E-state index >= 15 is 0 Å². The van der Waals surface area contributed by atoms with Gasteiger partial charge in [-0.2, -0.15) is 4.98 Å². The number of hydrogen-bond acceptors (Lipinski definition) is 6. The summed E-state index contributed by atoms with van der Waals surface area (Å²) in [4.78, 5) is 24.2. The molecule has 1 atom stereocenters. The van der Waals surface area contributed by atoms with Crippen LogP contribution in [-0.4, -0.2) is 32.5 Å². The molecule has 1 aliphatic rings. The van der Waals surface area contributed by atoms with Crippen LogP contribution >= 0.6 is 11.3 Å². The van der Waals surface area contributed by atoms with E-state index in [1.807, 2.05) is 23.1 Å². The number of para-hydroxylation sites is 1. The molecule has 158 valence electrons. The molecular weight excluding hydrogens is 415 g/mol. The van der Waals surface area contributed by atoms with Crippen molar-refractivity contribution in [3.8, 4) is 11.4 Å². The highest BCUT2D eigenvalue weighted by Gasteiger charge is 2.30. The Morgan fingerprint density at radius 3 is 2.81 bits per heavy atom. The molecule has 0 aliphatic carbocycles. The largest absolute Gasteiger partial charge is 0.339 e. The van der Waals surface area contributed by atoms with Crippen LogP contribution in [0.2, 0.25) is 0 Å². The second-order valence-electron chi connectivity index (χ2n) is 7.64. The van der Waals surface area contributed by atoms with E-state index in [1.165, 1.54) is 12.1 Å². The van der Waals surface area contributed by atoms with Crippen LogP contribution in [0.4, 0.5) is 4.39 Å². The van der Waals surface area contributed by atoms with Crippen molar-refractivity contribution in [3.63, 3.8) is 0 Å². The molecule has 0 N–H and O–H groups in total. The molecule has 0 unspecified atom stereocenters. The molecule has 3 heterocycles. The van der Waals surface area contributed by atoms with Gasteiger partial charge in [0.1, 0.15) is 10.8 Å². The highest BCUT2D eigenvalue weighted by molar-refractivity contribution is 7.18. The topological polar surface area (TPSA) is 72.1 Å². The van der Waals surface area contributed by atoms with E-state index in [2.05, 4.69) is 16.2 Å². The lowest BCUT2D eigenvalue weighted by Crippen LogP contribution is -2.38. The Kier molecular flexibility index (Phi) is 5.46. The van der Waals surface area contributed by atoms with Crippen LogP contribution in [0.15, 0.2) is 53.1 Å². The Balaban J connectivity index is 1.27. The first-order valence-electron chi connectivity index (χ1n) is 10.4. The molecule has 8 heteroatoms. The van der Waals surface area contributed by atoms with E-state index in [0.29, 0.717) is 30.1 Å². The van der Waals surface area contributed by atoms with E-state index < -0.39 is 0 Å². The molecule has 4 aromatic rings.